The number of nitrogens with one attached hydrogen (secondary N) is 1. The summed E-state index contributed by atoms with van der Waals surface area (Å²) in [4.78, 5) is 9.50. The van der Waals surface area contributed by atoms with E-state index in [-0.39, 0.29) is 5.92 Å². The summed E-state index contributed by atoms with van der Waals surface area (Å²) in [7, 11) is 1.89. The highest BCUT2D eigenvalue weighted by atomic mass is 35.5. The van der Waals surface area contributed by atoms with Crippen LogP contribution in [-0.4, -0.2) is 39.6 Å². The summed E-state index contributed by atoms with van der Waals surface area (Å²) >= 11 is 12.3. The highest BCUT2D eigenvalue weighted by Crippen LogP contribution is 2.48. The van der Waals surface area contributed by atoms with E-state index in [1.54, 1.807) is 33.7 Å². The molecule has 4 aromatic heterocycles. The summed E-state index contributed by atoms with van der Waals surface area (Å²) in [6.07, 6.45) is 5.42. The number of aromatic amines is 1. The van der Waals surface area contributed by atoms with Gasteiger partial charge in [-0.25, -0.2) is 14.5 Å². The Hall–Kier alpha value is -4.41. The lowest BCUT2D eigenvalue weighted by Crippen LogP contribution is -2.14. The smallest absolute Gasteiger partial charge is 0.244 e. The Bertz CT molecular complexity index is 1880. The number of rotatable bonds is 5. The summed E-state index contributed by atoms with van der Waals surface area (Å²) in [5.41, 5.74) is 6.03. The Labute approximate surface area is 232 Å². The highest BCUT2D eigenvalue weighted by molar-refractivity contribution is 6.35. The second-order valence-electron chi connectivity index (χ2n) is 9.28. The SMILES string of the molecule is Cc1[nH]nc2c1[C@H](c1cnn(C)c1)c1c(ncn3nc(-c4cccc(COc5ccc(Cl)cc5Cl)c4)nc13)O2. The first kappa shape index (κ1) is 23.7. The van der Waals surface area contributed by atoms with Crippen LogP contribution < -0.4 is 9.47 Å². The van der Waals surface area contributed by atoms with Gasteiger partial charge in [0.05, 0.1) is 22.7 Å². The minimum absolute atomic E-state index is 0.228. The van der Waals surface area contributed by atoms with Crippen LogP contribution in [-0.2, 0) is 13.7 Å². The Morgan fingerprint density at radius 3 is 2.82 bits per heavy atom. The normalized spacial score (nSPS) is 14.2. The molecule has 0 saturated heterocycles. The second-order valence-corrected chi connectivity index (χ2v) is 10.1. The first-order valence-corrected chi connectivity index (χ1v) is 12.8. The molecule has 0 saturated carbocycles. The van der Waals surface area contributed by atoms with Gasteiger partial charge in [0.1, 0.15) is 18.7 Å². The van der Waals surface area contributed by atoms with Gasteiger partial charge in [-0.15, -0.1) is 10.2 Å². The van der Waals surface area contributed by atoms with E-state index >= 15 is 0 Å². The number of ether oxygens (including phenoxy) is 2. The maximum absolute atomic E-state index is 6.26. The minimum atomic E-state index is -0.228. The number of aromatic nitrogens is 8. The number of hydrogen-bond acceptors (Lipinski definition) is 7. The Balaban J connectivity index is 1.28. The zero-order valence-electron chi connectivity index (χ0n) is 20.8. The summed E-state index contributed by atoms with van der Waals surface area (Å²) in [5.74, 6) is 1.82. The van der Waals surface area contributed by atoms with Gasteiger partial charge in [0.2, 0.25) is 11.8 Å². The maximum atomic E-state index is 6.26. The lowest BCUT2D eigenvalue weighted by atomic mass is 9.86. The molecule has 2 aromatic carbocycles. The highest BCUT2D eigenvalue weighted by Gasteiger charge is 2.37. The van der Waals surface area contributed by atoms with Crippen molar-refractivity contribution in [3.63, 3.8) is 0 Å². The largest absolute Gasteiger partial charge is 0.487 e. The van der Waals surface area contributed by atoms with Crippen LogP contribution in [0.25, 0.3) is 17.0 Å². The molecule has 1 aliphatic heterocycles. The molecular formula is C27H20Cl2N8O2. The fourth-order valence-corrected chi connectivity index (χ4v) is 5.32. The van der Waals surface area contributed by atoms with Crippen LogP contribution in [0.4, 0.5) is 0 Å². The fraction of sp³-hybridized carbons (Fsp3) is 0.148. The van der Waals surface area contributed by atoms with Crippen molar-refractivity contribution in [2.45, 2.75) is 19.4 Å². The number of fused-ring (bicyclic) bond motifs is 4. The minimum Gasteiger partial charge on any atom is -0.487 e. The molecule has 1 atom stereocenters. The van der Waals surface area contributed by atoms with Crippen LogP contribution in [0.3, 0.4) is 0 Å². The number of halogens is 2. The van der Waals surface area contributed by atoms with Gasteiger partial charge in [0.25, 0.3) is 0 Å². The van der Waals surface area contributed by atoms with E-state index in [9.17, 15) is 0 Å². The third-order valence-electron chi connectivity index (χ3n) is 6.65. The van der Waals surface area contributed by atoms with Crippen molar-refractivity contribution < 1.29 is 9.47 Å². The quantitative estimate of drug-likeness (QED) is 0.287. The van der Waals surface area contributed by atoms with Crippen molar-refractivity contribution >= 4 is 28.8 Å². The molecule has 1 N–H and O–H groups in total. The molecule has 39 heavy (non-hydrogen) atoms. The van der Waals surface area contributed by atoms with Gasteiger partial charge in [0.15, 0.2) is 11.5 Å². The third-order valence-corrected chi connectivity index (χ3v) is 7.18. The molecule has 0 spiro atoms. The number of benzene rings is 2. The number of nitrogens with zero attached hydrogens (tertiary/aromatic N) is 7. The van der Waals surface area contributed by atoms with Gasteiger partial charge in [0, 0.05) is 40.7 Å². The predicted octanol–water partition coefficient (Wildman–Crippen LogP) is 5.73. The van der Waals surface area contributed by atoms with Crippen LogP contribution >= 0.6 is 23.2 Å². The number of hydrogen-bond donors (Lipinski definition) is 1. The molecule has 0 unspecified atom stereocenters. The molecule has 0 aliphatic carbocycles. The van der Waals surface area contributed by atoms with Crippen molar-refractivity contribution in [2.24, 2.45) is 7.05 Å². The third kappa shape index (κ3) is 4.08. The molecule has 0 bridgehead atoms. The zero-order valence-corrected chi connectivity index (χ0v) is 22.3. The average molecular weight is 559 g/mol. The Kier molecular flexibility index (Phi) is 5.53. The molecule has 194 valence electrons. The van der Waals surface area contributed by atoms with Crippen LogP contribution in [0, 0.1) is 6.92 Å². The van der Waals surface area contributed by atoms with Gasteiger partial charge in [-0.1, -0.05) is 41.4 Å². The van der Waals surface area contributed by atoms with Gasteiger partial charge in [-0.3, -0.25) is 9.78 Å². The predicted molar refractivity (Wildman–Crippen MR) is 145 cm³/mol. The van der Waals surface area contributed by atoms with Crippen LogP contribution in [0.2, 0.25) is 10.0 Å². The van der Waals surface area contributed by atoms with Gasteiger partial charge in [-0.2, -0.15) is 5.10 Å². The maximum Gasteiger partial charge on any atom is 0.244 e. The van der Waals surface area contributed by atoms with E-state index in [4.69, 9.17) is 42.8 Å². The van der Waals surface area contributed by atoms with E-state index in [1.807, 2.05) is 50.6 Å². The summed E-state index contributed by atoms with van der Waals surface area (Å²) in [5, 5.41) is 17.5. The molecule has 12 heteroatoms. The molecule has 7 rings (SSSR count). The topological polar surface area (TPSA) is 108 Å². The lowest BCUT2D eigenvalue weighted by molar-refractivity contribution is 0.306. The average Bonchev–Trinajstić information content (AvgIpc) is 3.65. The number of H-pyrrole nitrogens is 1. The van der Waals surface area contributed by atoms with E-state index in [0.717, 1.165) is 33.5 Å². The van der Waals surface area contributed by atoms with E-state index in [1.165, 1.54) is 0 Å². The molecule has 6 aromatic rings. The Morgan fingerprint density at radius 2 is 2.00 bits per heavy atom. The van der Waals surface area contributed by atoms with Gasteiger partial charge >= 0.3 is 0 Å². The van der Waals surface area contributed by atoms with Crippen LogP contribution in [0.1, 0.15) is 33.9 Å². The summed E-state index contributed by atoms with van der Waals surface area (Å²) in [6.45, 7) is 2.29. The molecule has 10 nitrogen and oxygen atoms in total. The van der Waals surface area contributed by atoms with Crippen molar-refractivity contribution in [1.29, 1.82) is 0 Å². The second kappa shape index (κ2) is 9.11. The van der Waals surface area contributed by atoms with Crippen LogP contribution in [0.15, 0.2) is 61.2 Å². The molecule has 5 heterocycles. The van der Waals surface area contributed by atoms with Gasteiger partial charge in [-0.05, 0) is 36.8 Å². The Morgan fingerprint density at radius 1 is 1.10 bits per heavy atom. The zero-order chi connectivity index (χ0) is 26.7. The van der Waals surface area contributed by atoms with Crippen molar-refractivity contribution in [1.82, 2.24) is 39.6 Å². The number of aryl methyl sites for hydroxylation is 2. The summed E-state index contributed by atoms with van der Waals surface area (Å²) in [6, 6.07) is 13.0. The molecule has 0 radical (unpaired) electrons. The van der Waals surface area contributed by atoms with E-state index in [2.05, 4.69) is 20.3 Å². The monoisotopic (exact) mass is 558 g/mol. The van der Waals surface area contributed by atoms with Gasteiger partial charge < -0.3 is 9.47 Å². The van der Waals surface area contributed by atoms with E-state index in [0.29, 0.717) is 45.6 Å². The first-order chi connectivity index (χ1) is 18.9. The fourth-order valence-electron chi connectivity index (χ4n) is 4.86. The molecule has 0 fully saturated rings. The summed E-state index contributed by atoms with van der Waals surface area (Å²) < 4.78 is 15.5. The molecule has 1 aliphatic rings. The molecular weight excluding hydrogens is 539 g/mol. The standard InChI is InChI=1S/C27H20Cl2N8O2/c1-14-21-22(17-10-31-36(2)11-17)23-25-32-24(35-37(25)13-30-26(23)39-27(21)34-33-14)16-5-3-4-15(8-16)12-38-20-7-6-18(28)9-19(20)29/h3-11,13,22H,12H2,1-2H3,(H,33,34)/t22-/m0/s1. The lowest BCUT2D eigenvalue weighted by Gasteiger charge is -2.24. The van der Waals surface area contributed by atoms with Crippen molar-refractivity contribution in [2.75, 3.05) is 0 Å². The van der Waals surface area contributed by atoms with Crippen molar-refractivity contribution in [3.8, 4) is 28.9 Å². The van der Waals surface area contributed by atoms with Crippen LogP contribution in [0.5, 0.6) is 17.5 Å². The molecule has 0 amide bonds. The van der Waals surface area contributed by atoms with E-state index < -0.39 is 0 Å². The first-order valence-electron chi connectivity index (χ1n) is 12.1. The van der Waals surface area contributed by atoms with Crippen molar-refractivity contribution in [3.05, 3.63) is 99.2 Å².